The van der Waals surface area contributed by atoms with E-state index in [0.29, 0.717) is 25.2 Å². The van der Waals surface area contributed by atoms with Crippen LogP contribution in [0.1, 0.15) is 12.8 Å². The Kier molecular flexibility index (Phi) is 4.54. The Labute approximate surface area is 116 Å². The van der Waals surface area contributed by atoms with Crippen molar-refractivity contribution in [3.63, 3.8) is 0 Å². The molecule has 110 valence electrons. The van der Waals surface area contributed by atoms with E-state index in [0.717, 1.165) is 6.07 Å². The maximum absolute atomic E-state index is 13.8. The molecule has 1 aliphatic heterocycles. The van der Waals surface area contributed by atoms with E-state index >= 15 is 0 Å². The number of ether oxygens (including phenoxy) is 1. The number of esters is 1. The lowest BCUT2D eigenvalue weighted by Gasteiger charge is -2.37. The number of hydrogen-bond donors (Lipinski definition) is 1. The van der Waals surface area contributed by atoms with Crippen LogP contribution in [0.3, 0.4) is 0 Å². The van der Waals surface area contributed by atoms with Crippen molar-refractivity contribution in [2.45, 2.75) is 18.9 Å². The van der Waals surface area contributed by atoms with Crippen LogP contribution in [-0.2, 0) is 9.53 Å². The fraction of sp³-hybridized carbons (Fsp3) is 0.500. The normalized spacial score (nSPS) is 22.7. The molecule has 0 radical (unpaired) electrons. The van der Waals surface area contributed by atoms with Crippen LogP contribution < -0.4 is 10.6 Å². The Morgan fingerprint density at radius 3 is 2.85 bits per heavy atom. The van der Waals surface area contributed by atoms with Gasteiger partial charge in [-0.05, 0) is 24.5 Å². The van der Waals surface area contributed by atoms with Crippen LogP contribution in [0.4, 0.5) is 14.5 Å². The van der Waals surface area contributed by atoms with Gasteiger partial charge in [0, 0.05) is 25.2 Å². The summed E-state index contributed by atoms with van der Waals surface area (Å²) in [6.07, 6.45) is 0.942. The number of nitrogens with zero attached hydrogens (tertiary/aromatic N) is 1. The van der Waals surface area contributed by atoms with Gasteiger partial charge >= 0.3 is 5.97 Å². The largest absolute Gasteiger partial charge is 0.469 e. The number of piperidine rings is 1. The van der Waals surface area contributed by atoms with Gasteiger partial charge in [0.05, 0.1) is 19.2 Å². The molecule has 0 spiro atoms. The number of carbonyl (C=O) groups excluding carboxylic acids is 1. The molecule has 1 fully saturated rings. The van der Waals surface area contributed by atoms with Gasteiger partial charge < -0.3 is 15.4 Å². The zero-order chi connectivity index (χ0) is 14.7. The molecule has 2 N–H and O–H groups in total. The number of halogens is 2. The summed E-state index contributed by atoms with van der Waals surface area (Å²) in [6, 6.07) is 3.32. The van der Waals surface area contributed by atoms with Crippen molar-refractivity contribution in [2.24, 2.45) is 11.7 Å². The maximum Gasteiger partial charge on any atom is 0.305 e. The van der Waals surface area contributed by atoms with Gasteiger partial charge in [0.2, 0.25) is 0 Å². The second-order valence-electron chi connectivity index (χ2n) is 5.14. The van der Waals surface area contributed by atoms with Crippen molar-refractivity contribution in [1.82, 2.24) is 0 Å². The number of benzene rings is 1. The second kappa shape index (κ2) is 6.17. The number of nitrogens with two attached hydrogens (primary N) is 1. The summed E-state index contributed by atoms with van der Waals surface area (Å²) in [5.74, 6) is -1.52. The van der Waals surface area contributed by atoms with Crippen molar-refractivity contribution < 1.29 is 18.3 Å². The summed E-state index contributed by atoms with van der Waals surface area (Å²) in [5, 5.41) is 0. The predicted octanol–water partition coefficient (Wildman–Crippen LogP) is 1.68. The zero-order valence-electron chi connectivity index (χ0n) is 11.3. The molecule has 0 aliphatic carbocycles. The molecular formula is C14H18F2N2O2. The summed E-state index contributed by atoms with van der Waals surface area (Å²) in [7, 11) is 1.34. The standard InChI is InChI=1S/C14H18F2N2O2/c1-20-14(19)5-9-4-11(17)8-18(7-9)13-3-2-10(15)6-12(13)16/h2-3,6,9,11H,4-5,7-8,17H2,1H3. The molecule has 1 heterocycles. The van der Waals surface area contributed by atoms with E-state index in [4.69, 9.17) is 5.73 Å². The lowest BCUT2D eigenvalue weighted by atomic mass is 9.91. The van der Waals surface area contributed by atoms with Crippen LogP contribution >= 0.6 is 0 Å². The maximum atomic E-state index is 13.8. The molecule has 2 rings (SSSR count). The van der Waals surface area contributed by atoms with Crippen LogP contribution in [0.15, 0.2) is 18.2 Å². The fourth-order valence-electron chi connectivity index (χ4n) is 2.65. The molecule has 1 saturated heterocycles. The van der Waals surface area contributed by atoms with E-state index in [1.165, 1.54) is 19.2 Å². The van der Waals surface area contributed by atoms with Gasteiger partial charge in [0.25, 0.3) is 0 Å². The first-order chi connectivity index (χ1) is 9.49. The molecule has 1 aliphatic rings. The quantitative estimate of drug-likeness (QED) is 0.858. The minimum Gasteiger partial charge on any atom is -0.469 e. The van der Waals surface area contributed by atoms with Gasteiger partial charge in [0.1, 0.15) is 11.6 Å². The van der Waals surface area contributed by atoms with Gasteiger partial charge in [0.15, 0.2) is 0 Å². The summed E-state index contributed by atoms with van der Waals surface area (Å²) in [5.41, 5.74) is 6.28. The van der Waals surface area contributed by atoms with Gasteiger partial charge in [-0.15, -0.1) is 0 Å². The Morgan fingerprint density at radius 2 is 2.20 bits per heavy atom. The number of anilines is 1. The van der Waals surface area contributed by atoms with E-state index in [1.54, 1.807) is 4.90 Å². The van der Waals surface area contributed by atoms with E-state index in [1.807, 2.05) is 0 Å². The molecule has 0 aromatic heterocycles. The van der Waals surface area contributed by atoms with Crippen LogP contribution in [0.5, 0.6) is 0 Å². The van der Waals surface area contributed by atoms with Crippen LogP contribution in [-0.4, -0.2) is 32.2 Å². The molecule has 4 nitrogen and oxygen atoms in total. The molecule has 0 bridgehead atoms. The van der Waals surface area contributed by atoms with Gasteiger partial charge in [-0.3, -0.25) is 4.79 Å². The second-order valence-corrected chi connectivity index (χ2v) is 5.14. The minimum absolute atomic E-state index is 0.00986. The summed E-state index contributed by atoms with van der Waals surface area (Å²) < 4.78 is 31.4. The minimum atomic E-state index is -0.615. The van der Waals surface area contributed by atoms with E-state index < -0.39 is 11.6 Å². The molecule has 1 aromatic rings. The summed E-state index contributed by atoms with van der Waals surface area (Å²) in [6.45, 7) is 0.992. The first kappa shape index (κ1) is 14.7. The van der Waals surface area contributed by atoms with Gasteiger partial charge in [-0.25, -0.2) is 8.78 Å². The van der Waals surface area contributed by atoms with Gasteiger partial charge in [-0.2, -0.15) is 0 Å². The number of methoxy groups -OCH3 is 1. The van der Waals surface area contributed by atoms with Crippen LogP contribution in [0.25, 0.3) is 0 Å². The third-order valence-electron chi connectivity index (χ3n) is 3.50. The molecule has 2 atom stereocenters. The number of rotatable bonds is 3. The summed E-state index contributed by atoms with van der Waals surface area (Å²) in [4.78, 5) is 13.1. The van der Waals surface area contributed by atoms with E-state index in [-0.39, 0.29) is 24.3 Å². The molecule has 0 saturated carbocycles. The van der Waals surface area contributed by atoms with E-state index in [2.05, 4.69) is 4.74 Å². The fourth-order valence-corrected chi connectivity index (χ4v) is 2.65. The lowest BCUT2D eigenvalue weighted by molar-refractivity contribution is -0.141. The molecule has 2 unspecified atom stereocenters. The lowest BCUT2D eigenvalue weighted by Crippen LogP contribution is -2.48. The average molecular weight is 284 g/mol. The Morgan fingerprint density at radius 1 is 1.45 bits per heavy atom. The third-order valence-corrected chi connectivity index (χ3v) is 3.50. The predicted molar refractivity (Wildman–Crippen MR) is 71.3 cm³/mol. The smallest absolute Gasteiger partial charge is 0.305 e. The number of carbonyl (C=O) groups is 1. The SMILES string of the molecule is COC(=O)CC1CC(N)CN(c2ccc(F)cc2F)C1. The van der Waals surface area contributed by atoms with Crippen molar-refractivity contribution in [3.05, 3.63) is 29.8 Å². The highest BCUT2D eigenvalue weighted by molar-refractivity contribution is 5.69. The molecular weight excluding hydrogens is 266 g/mol. The highest BCUT2D eigenvalue weighted by Gasteiger charge is 2.28. The van der Waals surface area contributed by atoms with Crippen molar-refractivity contribution >= 4 is 11.7 Å². The highest BCUT2D eigenvalue weighted by Crippen LogP contribution is 2.27. The third kappa shape index (κ3) is 3.45. The van der Waals surface area contributed by atoms with Crippen molar-refractivity contribution in [2.75, 3.05) is 25.1 Å². The van der Waals surface area contributed by atoms with Crippen LogP contribution in [0, 0.1) is 17.6 Å². The summed E-state index contributed by atoms with van der Waals surface area (Å²) >= 11 is 0. The zero-order valence-corrected chi connectivity index (χ0v) is 11.3. The molecule has 1 aromatic carbocycles. The molecule has 0 amide bonds. The van der Waals surface area contributed by atoms with E-state index in [9.17, 15) is 13.6 Å². The topological polar surface area (TPSA) is 55.6 Å². The Bertz CT molecular complexity index is 496. The van der Waals surface area contributed by atoms with Crippen molar-refractivity contribution in [3.8, 4) is 0 Å². The average Bonchev–Trinajstić information content (AvgIpc) is 2.37. The Balaban J connectivity index is 2.13. The van der Waals surface area contributed by atoms with Crippen LogP contribution in [0.2, 0.25) is 0 Å². The molecule has 6 heteroatoms. The Hall–Kier alpha value is -1.69. The number of hydrogen-bond acceptors (Lipinski definition) is 4. The molecule has 20 heavy (non-hydrogen) atoms. The van der Waals surface area contributed by atoms with Crippen molar-refractivity contribution in [1.29, 1.82) is 0 Å². The monoisotopic (exact) mass is 284 g/mol. The first-order valence-electron chi connectivity index (χ1n) is 6.52. The van der Waals surface area contributed by atoms with Gasteiger partial charge in [-0.1, -0.05) is 0 Å². The highest BCUT2D eigenvalue weighted by atomic mass is 19.1. The first-order valence-corrected chi connectivity index (χ1v) is 6.52.